The van der Waals surface area contributed by atoms with Crippen LogP contribution in [0.5, 0.6) is 0 Å². The van der Waals surface area contributed by atoms with E-state index < -0.39 is 5.60 Å². The Labute approximate surface area is 174 Å². The van der Waals surface area contributed by atoms with Crippen molar-refractivity contribution in [2.45, 2.75) is 58.2 Å². The first-order valence-electron chi connectivity index (χ1n) is 9.64. The Morgan fingerprint density at radius 3 is 2.69 bits per heavy atom. The van der Waals surface area contributed by atoms with Gasteiger partial charge in [-0.25, -0.2) is 4.79 Å². The van der Waals surface area contributed by atoms with Crippen molar-refractivity contribution in [2.24, 2.45) is 4.99 Å². The quantitative estimate of drug-likeness (QED) is 0.612. The van der Waals surface area contributed by atoms with E-state index in [0.29, 0.717) is 13.1 Å². The third-order valence-electron chi connectivity index (χ3n) is 5.01. The molecule has 1 unspecified atom stereocenters. The fourth-order valence-electron chi connectivity index (χ4n) is 3.57. The van der Waals surface area contributed by atoms with Gasteiger partial charge in [-0.3, -0.25) is 9.89 Å². The van der Waals surface area contributed by atoms with Gasteiger partial charge in [-0.2, -0.15) is 0 Å². The molecule has 1 saturated carbocycles. The number of fused-ring (bicyclic) bond motifs is 1. The molecule has 1 amide bonds. The largest absolute Gasteiger partial charge is 0.444 e. The van der Waals surface area contributed by atoms with Crippen LogP contribution in [0.15, 0.2) is 4.99 Å². The van der Waals surface area contributed by atoms with Crippen molar-refractivity contribution >= 4 is 36.0 Å². The molecule has 0 aromatic heterocycles. The van der Waals surface area contributed by atoms with Crippen molar-refractivity contribution < 1.29 is 9.53 Å². The van der Waals surface area contributed by atoms with Crippen molar-refractivity contribution in [1.82, 2.24) is 20.0 Å². The molecule has 2 heterocycles. The van der Waals surface area contributed by atoms with Gasteiger partial charge in [-0.15, -0.1) is 24.0 Å². The molecule has 3 aliphatic rings. The lowest BCUT2D eigenvalue weighted by molar-refractivity contribution is 0.0137. The zero-order valence-corrected chi connectivity index (χ0v) is 18.9. The normalized spacial score (nSPS) is 22.7. The number of piperazine rings is 1. The van der Waals surface area contributed by atoms with Crippen molar-refractivity contribution in [1.29, 1.82) is 0 Å². The van der Waals surface area contributed by atoms with E-state index in [-0.39, 0.29) is 36.1 Å². The number of amides is 1. The van der Waals surface area contributed by atoms with Gasteiger partial charge in [0.15, 0.2) is 5.96 Å². The molecule has 0 spiro atoms. The average molecular weight is 479 g/mol. The summed E-state index contributed by atoms with van der Waals surface area (Å²) in [7, 11) is 0. The Morgan fingerprint density at radius 1 is 1.35 bits per heavy atom. The van der Waals surface area contributed by atoms with Crippen LogP contribution in [0, 0.1) is 0 Å². The molecular formula is C18H34IN5O2. The van der Waals surface area contributed by atoms with Gasteiger partial charge in [-0.1, -0.05) is 6.92 Å². The molecule has 1 saturated heterocycles. The lowest BCUT2D eigenvalue weighted by Gasteiger charge is -2.39. The average Bonchev–Trinajstić information content (AvgIpc) is 3.31. The first kappa shape index (κ1) is 21.5. The summed E-state index contributed by atoms with van der Waals surface area (Å²) in [4.78, 5) is 23.6. The minimum absolute atomic E-state index is 0. The SMILES string of the molecule is CCN(CCNC1=NCC2CN(C(=O)OC(C)(C)C)CCN12)C1CC1.I. The molecule has 2 fully saturated rings. The summed E-state index contributed by atoms with van der Waals surface area (Å²) in [6.07, 6.45) is 2.49. The Balaban J connectivity index is 0.00000243. The highest BCUT2D eigenvalue weighted by Crippen LogP contribution is 2.26. The molecule has 1 atom stereocenters. The molecule has 0 aromatic rings. The van der Waals surface area contributed by atoms with E-state index in [1.807, 2.05) is 25.7 Å². The number of hydrogen-bond donors (Lipinski definition) is 1. The number of rotatable bonds is 5. The number of guanidine groups is 1. The lowest BCUT2D eigenvalue weighted by atomic mass is 10.2. The maximum atomic E-state index is 12.3. The zero-order valence-electron chi connectivity index (χ0n) is 16.5. The zero-order chi connectivity index (χ0) is 18.0. The molecule has 8 heteroatoms. The second kappa shape index (κ2) is 8.95. The second-order valence-corrected chi connectivity index (χ2v) is 8.22. The topological polar surface area (TPSA) is 60.4 Å². The van der Waals surface area contributed by atoms with Crippen LogP contribution in [-0.2, 0) is 4.74 Å². The van der Waals surface area contributed by atoms with Gasteiger partial charge >= 0.3 is 6.09 Å². The number of likely N-dealkylation sites (N-methyl/N-ethyl adjacent to an activating group) is 1. The van der Waals surface area contributed by atoms with Crippen LogP contribution in [0.1, 0.15) is 40.5 Å². The minimum Gasteiger partial charge on any atom is -0.444 e. The summed E-state index contributed by atoms with van der Waals surface area (Å²) in [6.45, 7) is 14.0. The maximum absolute atomic E-state index is 12.3. The maximum Gasteiger partial charge on any atom is 0.410 e. The van der Waals surface area contributed by atoms with Gasteiger partial charge in [0.1, 0.15) is 5.60 Å². The number of halogens is 1. The predicted molar refractivity (Wildman–Crippen MR) is 114 cm³/mol. The number of ether oxygens (including phenoxy) is 1. The number of carbonyl (C=O) groups is 1. The van der Waals surface area contributed by atoms with E-state index in [2.05, 4.69) is 27.0 Å². The van der Waals surface area contributed by atoms with Crippen molar-refractivity contribution in [3.8, 4) is 0 Å². The Morgan fingerprint density at radius 2 is 2.08 bits per heavy atom. The fraction of sp³-hybridized carbons (Fsp3) is 0.889. The van der Waals surface area contributed by atoms with Crippen molar-refractivity contribution in [3.63, 3.8) is 0 Å². The van der Waals surface area contributed by atoms with E-state index in [1.54, 1.807) is 0 Å². The Kier molecular flexibility index (Phi) is 7.41. The Bertz CT molecular complexity index is 518. The molecule has 0 aromatic carbocycles. The van der Waals surface area contributed by atoms with Gasteiger partial charge < -0.3 is 19.9 Å². The third-order valence-corrected chi connectivity index (χ3v) is 5.01. The van der Waals surface area contributed by atoms with Gasteiger partial charge in [0.25, 0.3) is 0 Å². The third kappa shape index (κ3) is 5.61. The lowest BCUT2D eigenvalue weighted by Crippen LogP contribution is -2.57. The van der Waals surface area contributed by atoms with Gasteiger partial charge in [-0.05, 0) is 40.2 Å². The highest BCUT2D eigenvalue weighted by Gasteiger charge is 2.36. The molecule has 1 aliphatic carbocycles. The van der Waals surface area contributed by atoms with Gasteiger partial charge in [0.05, 0.1) is 12.6 Å². The summed E-state index contributed by atoms with van der Waals surface area (Å²) >= 11 is 0. The molecule has 2 aliphatic heterocycles. The molecule has 26 heavy (non-hydrogen) atoms. The van der Waals surface area contributed by atoms with Crippen LogP contribution in [0.3, 0.4) is 0 Å². The molecule has 1 N–H and O–H groups in total. The van der Waals surface area contributed by atoms with E-state index in [1.165, 1.54) is 12.8 Å². The number of nitrogens with zero attached hydrogens (tertiary/aromatic N) is 4. The Hall–Kier alpha value is -0.770. The number of carbonyl (C=O) groups excluding carboxylic acids is 1. The van der Waals surface area contributed by atoms with Crippen LogP contribution < -0.4 is 5.32 Å². The fourth-order valence-corrected chi connectivity index (χ4v) is 3.57. The predicted octanol–water partition coefficient (Wildman–Crippen LogP) is 1.97. The number of hydrogen-bond acceptors (Lipinski definition) is 6. The van der Waals surface area contributed by atoms with Crippen molar-refractivity contribution in [3.05, 3.63) is 0 Å². The number of aliphatic imine (C=N–C) groups is 1. The summed E-state index contributed by atoms with van der Waals surface area (Å²) in [5.41, 5.74) is -0.445. The van der Waals surface area contributed by atoms with Crippen LogP contribution in [0.25, 0.3) is 0 Å². The second-order valence-electron chi connectivity index (χ2n) is 8.22. The summed E-state index contributed by atoms with van der Waals surface area (Å²) in [5, 5.41) is 3.51. The standard InChI is InChI=1S/C18H33N5O2.HI/c1-5-21(14-6-7-14)9-8-19-16-20-12-15-13-22(10-11-23(15)16)17(24)25-18(2,3)4;/h14-15H,5-13H2,1-4H3,(H,19,20);1H. The number of nitrogens with one attached hydrogen (secondary N) is 1. The van der Waals surface area contributed by atoms with E-state index in [9.17, 15) is 4.79 Å². The molecular weight excluding hydrogens is 445 g/mol. The van der Waals surface area contributed by atoms with Crippen LogP contribution in [0.4, 0.5) is 4.79 Å². The summed E-state index contributed by atoms with van der Waals surface area (Å²) in [6, 6.07) is 1.08. The summed E-state index contributed by atoms with van der Waals surface area (Å²) < 4.78 is 5.49. The molecule has 0 bridgehead atoms. The van der Waals surface area contributed by atoms with E-state index in [4.69, 9.17) is 4.74 Å². The highest BCUT2D eigenvalue weighted by atomic mass is 127. The smallest absolute Gasteiger partial charge is 0.410 e. The monoisotopic (exact) mass is 479 g/mol. The molecule has 0 radical (unpaired) electrons. The molecule has 7 nitrogen and oxygen atoms in total. The van der Waals surface area contributed by atoms with E-state index >= 15 is 0 Å². The molecule has 150 valence electrons. The van der Waals surface area contributed by atoms with Gasteiger partial charge in [0.2, 0.25) is 0 Å². The van der Waals surface area contributed by atoms with Crippen LogP contribution in [0.2, 0.25) is 0 Å². The van der Waals surface area contributed by atoms with Gasteiger partial charge in [0, 0.05) is 38.8 Å². The van der Waals surface area contributed by atoms with Crippen molar-refractivity contribution in [2.75, 3.05) is 45.8 Å². The first-order valence-corrected chi connectivity index (χ1v) is 9.64. The van der Waals surface area contributed by atoms with E-state index in [0.717, 1.165) is 44.7 Å². The minimum atomic E-state index is -0.445. The summed E-state index contributed by atoms with van der Waals surface area (Å²) in [5.74, 6) is 1.00. The first-order chi connectivity index (χ1) is 11.9. The highest BCUT2D eigenvalue weighted by molar-refractivity contribution is 14.0. The van der Waals surface area contributed by atoms with Crippen LogP contribution in [-0.4, -0.2) is 90.3 Å². The molecule has 3 rings (SSSR count). The van der Waals surface area contributed by atoms with Crippen LogP contribution >= 0.6 is 24.0 Å².